The molecule has 2 aromatic carbocycles. The maximum atomic E-state index is 12.6. The van der Waals surface area contributed by atoms with Gasteiger partial charge in [0, 0.05) is 19.4 Å². The topological polar surface area (TPSA) is 104 Å². The van der Waals surface area contributed by atoms with Crippen molar-refractivity contribution in [2.75, 3.05) is 13.7 Å². The molecule has 2 aromatic rings. The maximum absolute atomic E-state index is 12.6. The molecule has 1 unspecified atom stereocenters. The summed E-state index contributed by atoms with van der Waals surface area (Å²) in [7, 11) is 1.43. The lowest BCUT2D eigenvalue weighted by molar-refractivity contribution is -0.142. The second-order valence-electron chi connectivity index (χ2n) is 7.76. The van der Waals surface area contributed by atoms with Crippen molar-refractivity contribution in [3.8, 4) is 11.1 Å². The average molecular weight is 425 g/mol. The molecular formula is C24H27NO6. The van der Waals surface area contributed by atoms with Gasteiger partial charge in [0.2, 0.25) is 0 Å². The highest BCUT2D eigenvalue weighted by Gasteiger charge is 2.31. The molecule has 7 heteroatoms. The molecule has 1 atom stereocenters. The van der Waals surface area contributed by atoms with E-state index in [0.717, 1.165) is 27.2 Å². The fraction of sp³-hybridized carbons (Fsp3) is 0.375. The summed E-state index contributed by atoms with van der Waals surface area (Å²) in [6.07, 6.45) is 1.21. The highest BCUT2D eigenvalue weighted by molar-refractivity contribution is 5.81. The predicted octanol–water partition coefficient (Wildman–Crippen LogP) is 4.36. The van der Waals surface area contributed by atoms with Gasteiger partial charge in [-0.2, -0.15) is 0 Å². The molecule has 0 spiro atoms. The minimum absolute atomic E-state index is 0.0555. The summed E-state index contributed by atoms with van der Waals surface area (Å²) in [5, 5.41) is 18.2. The van der Waals surface area contributed by atoms with Crippen LogP contribution in [0.1, 0.15) is 49.1 Å². The van der Waals surface area contributed by atoms with Gasteiger partial charge < -0.3 is 14.9 Å². The molecule has 3 rings (SSSR count). The number of ether oxygens (including phenoxy) is 1. The van der Waals surface area contributed by atoms with E-state index in [2.05, 4.69) is 0 Å². The number of unbranched alkanes of at least 4 members (excludes halogenated alkanes) is 2. The molecule has 0 saturated heterocycles. The number of carboxylic acids is 2. The summed E-state index contributed by atoms with van der Waals surface area (Å²) in [4.78, 5) is 36.0. The van der Waals surface area contributed by atoms with Crippen LogP contribution in [0.2, 0.25) is 0 Å². The molecule has 0 bridgehead atoms. The largest absolute Gasteiger partial charge is 0.481 e. The van der Waals surface area contributed by atoms with Crippen LogP contribution in [-0.2, 0) is 14.3 Å². The monoisotopic (exact) mass is 425 g/mol. The zero-order valence-corrected chi connectivity index (χ0v) is 17.5. The highest BCUT2D eigenvalue weighted by Crippen LogP contribution is 2.44. The molecule has 1 aliphatic carbocycles. The van der Waals surface area contributed by atoms with Crippen LogP contribution in [0.4, 0.5) is 4.79 Å². The lowest BCUT2D eigenvalue weighted by atomic mass is 9.98. The number of fused-ring (bicyclic) bond motifs is 3. The van der Waals surface area contributed by atoms with Crippen molar-refractivity contribution in [1.82, 2.24) is 4.90 Å². The van der Waals surface area contributed by atoms with Gasteiger partial charge in [-0.3, -0.25) is 9.69 Å². The Morgan fingerprint density at radius 3 is 2.06 bits per heavy atom. The molecule has 7 nitrogen and oxygen atoms in total. The number of rotatable bonds is 10. The van der Waals surface area contributed by atoms with Crippen LogP contribution in [-0.4, -0.2) is 52.8 Å². The summed E-state index contributed by atoms with van der Waals surface area (Å²) >= 11 is 0. The van der Waals surface area contributed by atoms with Gasteiger partial charge in [0.15, 0.2) is 0 Å². The Morgan fingerprint density at radius 2 is 1.52 bits per heavy atom. The Hall–Kier alpha value is -3.35. The van der Waals surface area contributed by atoms with Crippen LogP contribution in [0.15, 0.2) is 48.5 Å². The predicted molar refractivity (Wildman–Crippen MR) is 115 cm³/mol. The molecule has 0 aliphatic heterocycles. The summed E-state index contributed by atoms with van der Waals surface area (Å²) < 4.78 is 5.54. The van der Waals surface area contributed by atoms with Crippen LogP contribution in [0.3, 0.4) is 0 Å². The molecule has 0 saturated carbocycles. The second-order valence-corrected chi connectivity index (χ2v) is 7.76. The molecule has 0 aromatic heterocycles. The number of benzene rings is 2. The van der Waals surface area contributed by atoms with Gasteiger partial charge in [-0.25, -0.2) is 9.59 Å². The van der Waals surface area contributed by atoms with Crippen LogP contribution in [0, 0.1) is 0 Å². The van der Waals surface area contributed by atoms with Crippen molar-refractivity contribution in [2.45, 2.75) is 44.1 Å². The Labute approximate surface area is 181 Å². The van der Waals surface area contributed by atoms with Crippen LogP contribution < -0.4 is 0 Å². The molecule has 0 radical (unpaired) electrons. The third-order valence-corrected chi connectivity index (χ3v) is 5.74. The molecule has 1 amide bonds. The van der Waals surface area contributed by atoms with Gasteiger partial charge in [-0.1, -0.05) is 61.4 Å². The number of amides is 1. The SMILES string of the molecule is CN(C(=O)OCC1c2ccccc2-c2ccccc21)C(CCCCCC(=O)O)C(=O)O. The van der Waals surface area contributed by atoms with Crippen molar-refractivity contribution in [3.63, 3.8) is 0 Å². The Balaban J connectivity index is 1.60. The number of carbonyl (C=O) groups excluding carboxylic acids is 1. The molecule has 31 heavy (non-hydrogen) atoms. The van der Waals surface area contributed by atoms with E-state index in [1.165, 1.54) is 7.05 Å². The van der Waals surface area contributed by atoms with E-state index in [4.69, 9.17) is 9.84 Å². The standard InChI is InChI=1S/C24H27NO6/c1-25(21(23(28)29)13-3-2-4-14-22(26)27)24(30)31-15-20-18-11-7-5-9-16(18)17-10-6-8-12-19(17)20/h5-12,20-21H,2-4,13-15H2,1H3,(H,26,27)(H,28,29). The first kappa shape index (κ1) is 22.3. The van der Waals surface area contributed by atoms with Gasteiger partial charge in [0.25, 0.3) is 0 Å². The lowest BCUT2D eigenvalue weighted by Gasteiger charge is -2.25. The number of nitrogens with zero attached hydrogens (tertiary/aromatic N) is 1. The smallest absolute Gasteiger partial charge is 0.410 e. The van der Waals surface area contributed by atoms with E-state index in [9.17, 15) is 19.5 Å². The lowest BCUT2D eigenvalue weighted by Crippen LogP contribution is -2.43. The molecular weight excluding hydrogens is 398 g/mol. The number of aliphatic carboxylic acids is 2. The second kappa shape index (κ2) is 10.1. The number of hydrogen-bond acceptors (Lipinski definition) is 4. The van der Waals surface area contributed by atoms with Gasteiger partial charge >= 0.3 is 18.0 Å². The zero-order chi connectivity index (χ0) is 22.4. The third kappa shape index (κ3) is 5.23. The third-order valence-electron chi connectivity index (χ3n) is 5.74. The van der Waals surface area contributed by atoms with Crippen LogP contribution in [0.5, 0.6) is 0 Å². The first-order chi connectivity index (χ1) is 14.9. The van der Waals surface area contributed by atoms with Gasteiger partial charge in [-0.05, 0) is 35.1 Å². The van der Waals surface area contributed by atoms with Crippen molar-refractivity contribution >= 4 is 18.0 Å². The maximum Gasteiger partial charge on any atom is 0.410 e. The van der Waals surface area contributed by atoms with Crippen molar-refractivity contribution in [1.29, 1.82) is 0 Å². The number of carboxylic acid groups (broad SMARTS) is 2. The molecule has 0 heterocycles. The zero-order valence-electron chi connectivity index (χ0n) is 17.5. The van der Waals surface area contributed by atoms with E-state index in [1.54, 1.807) is 0 Å². The molecule has 1 aliphatic rings. The van der Waals surface area contributed by atoms with E-state index < -0.39 is 24.1 Å². The van der Waals surface area contributed by atoms with Gasteiger partial charge in [0.1, 0.15) is 12.6 Å². The van der Waals surface area contributed by atoms with E-state index >= 15 is 0 Å². The minimum atomic E-state index is -1.10. The van der Waals surface area contributed by atoms with Crippen LogP contribution >= 0.6 is 0 Å². The van der Waals surface area contributed by atoms with Crippen molar-refractivity contribution in [2.24, 2.45) is 0 Å². The normalized spacial score (nSPS) is 13.2. The van der Waals surface area contributed by atoms with Crippen molar-refractivity contribution < 1.29 is 29.3 Å². The number of hydrogen-bond donors (Lipinski definition) is 2. The van der Waals surface area contributed by atoms with E-state index in [-0.39, 0.29) is 25.4 Å². The van der Waals surface area contributed by atoms with Crippen molar-refractivity contribution in [3.05, 3.63) is 59.7 Å². The summed E-state index contributed by atoms with van der Waals surface area (Å²) in [6, 6.07) is 15.0. The molecule has 2 N–H and O–H groups in total. The van der Waals surface area contributed by atoms with Crippen LogP contribution in [0.25, 0.3) is 11.1 Å². The first-order valence-corrected chi connectivity index (χ1v) is 10.4. The van der Waals surface area contributed by atoms with Gasteiger partial charge in [-0.15, -0.1) is 0 Å². The number of carbonyl (C=O) groups is 3. The van der Waals surface area contributed by atoms with E-state index in [1.807, 2.05) is 48.5 Å². The Kier molecular flexibility index (Phi) is 7.28. The highest BCUT2D eigenvalue weighted by atomic mass is 16.6. The van der Waals surface area contributed by atoms with Gasteiger partial charge in [0.05, 0.1) is 0 Å². The molecule has 0 fully saturated rings. The van der Waals surface area contributed by atoms with E-state index in [0.29, 0.717) is 19.3 Å². The summed E-state index contributed by atoms with van der Waals surface area (Å²) in [5.41, 5.74) is 4.43. The first-order valence-electron chi connectivity index (χ1n) is 10.4. The molecule has 164 valence electrons. The summed E-state index contributed by atoms with van der Waals surface area (Å²) in [6.45, 7) is 0.127. The Bertz CT molecular complexity index is 911. The fourth-order valence-electron chi connectivity index (χ4n) is 4.10. The average Bonchev–Trinajstić information content (AvgIpc) is 3.07. The minimum Gasteiger partial charge on any atom is -0.481 e. The number of likely N-dealkylation sites (N-methyl/N-ethyl adjacent to an activating group) is 1. The quantitative estimate of drug-likeness (QED) is 0.548. The fourth-order valence-corrected chi connectivity index (χ4v) is 4.10. The Morgan fingerprint density at radius 1 is 0.935 bits per heavy atom. The summed E-state index contributed by atoms with van der Waals surface area (Å²) in [5.74, 6) is -2.07.